The third-order valence-electron chi connectivity index (χ3n) is 8.93. The summed E-state index contributed by atoms with van der Waals surface area (Å²) in [5.41, 5.74) is 9.14. The molecule has 0 atom stereocenters. The highest BCUT2D eigenvalue weighted by Gasteiger charge is 2.44. The van der Waals surface area contributed by atoms with Gasteiger partial charge in [0.2, 0.25) is 5.69 Å². The van der Waals surface area contributed by atoms with Gasteiger partial charge in [-0.2, -0.15) is 4.58 Å². The van der Waals surface area contributed by atoms with E-state index in [1.165, 1.54) is 22.5 Å². The van der Waals surface area contributed by atoms with Gasteiger partial charge in [0.1, 0.15) is 6.54 Å². The maximum Gasteiger partial charge on any atom is 0.209 e. The summed E-state index contributed by atoms with van der Waals surface area (Å²) in [5, 5.41) is 0.802. The molecule has 2 heterocycles. The molecular formula is C35H41ClN2O3S. The van der Waals surface area contributed by atoms with Crippen molar-refractivity contribution in [3.63, 3.8) is 0 Å². The normalized spacial score (nSPS) is 21.4. The predicted molar refractivity (Wildman–Crippen MR) is 173 cm³/mol. The smallest absolute Gasteiger partial charge is 0.209 e. The number of halogens is 1. The minimum absolute atomic E-state index is 0.0884. The van der Waals surface area contributed by atoms with Gasteiger partial charge in [0, 0.05) is 58.3 Å². The van der Waals surface area contributed by atoms with Crippen LogP contribution in [0, 0.1) is 0 Å². The van der Waals surface area contributed by atoms with Crippen LogP contribution in [0.2, 0.25) is 0 Å². The van der Waals surface area contributed by atoms with Crippen molar-refractivity contribution in [2.24, 2.45) is 0 Å². The SMILES string of the molecule is CCC[N+]1=C(/C=C/C2=C(Cl)C(=C/C=C3/N(CCCS(=O)(=O)[O-])c4ccccc4C3(C)C)/CC2)C(C)(C)c2ccccc21. The average molecular weight is 605 g/mol. The number of benzene rings is 2. The molecular weight excluding hydrogens is 564 g/mol. The number of allylic oxidation sites excluding steroid dienone is 8. The minimum atomic E-state index is -4.26. The monoisotopic (exact) mass is 604 g/mol. The Balaban J connectivity index is 1.44. The first-order valence-electron chi connectivity index (χ1n) is 14.9. The number of anilines is 1. The van der Waals surface area contributed by atoms with Crippen molar-refractivity contribution in [1.82, 2.24) is 0 Å². The van der Waals surface area contributed by atoms with Gasteiger partial charge in [0.25, 0.3) is 0 Å². The lowest BCUT2D eigenvalue weighted by Crippen LogP contribution is -2.28. The summed E-state index contributed by atoms with van der Waals surface area (Å²) >= 11 is 7.00. The van der Waals surface area contributed by atoms with E-state index in [0.717, 1.165) is 53.4 Å². The molecule has 222 valence electrons. The van der Waals surface area contributed by atoms with Crippen LogP contribution in [-0.4, -0.2) is 42.1 Å². The van der Waals surface area contributed by atoms with Crippen molar-refractivity contribution in [3.8, 4) is 0 Å². The Morgan fingerprint density at radius 2 is 1.64 bits per heavy atom. The van der Waals surface area contributed by atoms with Crippen molar-refractivity contribution in [1.29, 1.82) is 0 Å². The van der Waals surface area contributed by atoms with Crippen molar-refractivity contribution < 1.29 is 17.5 Å². The number of hydrogen-bond acceptors (Lipinski definition) is 4. The largest absolute Gasteiger partial charge is 0.748 e. The van der Waals surface area contributed by atoms with E-state index in [9.17, 15) is 13.0 Å². The first-order valence-corrected chi connectivity index (χ1v) is 16.9. The van der Waals surface area contributed by atoms with Crippen molar-refractivity contribution >= 4 is 38.8 Å². The molecule has 1 aliphatic carbocycles. The van der Waals surface area contributed by atoms with Gasteiger partial charge in [0.05, 0.1) is 15.5 Å². The van der Waals surface area contributed by atoms with Gasteiger partial charge >= 0.3 is 0 Å². The molecule has 2 aliphatic heterocycles. The zero-order valence-corrected chi connectivity index (χ0v) is 26.9. The lowest BCUT2D eigenvalue weighted by Gasteiger charge is -2.27. The maximum absolute atomic E-state index is 11.3. The van der Waals surface area contributed by atoms with Gasteiger partial charge in [-0.3, -0.25) is 0 Å². The molecule has 2 aromatic carbocycles. The molecule has 0 saturated heterocycles. The topological polar surface area (TPSA) is 63.5 Å². The van der Waals surface area contributed by atoms with Crippen LogP contribution >= 0.6 is 11.6 Å². The average Bonchev–Trinajstić information content (AvgIpc) is 3.47. The molecule has 0 bridgehead atoms. The van der Waals surface area contributed by atoms with Crippen LogP contribution in [0.5, 0.6) is 0 Å². The van der Waals surface area contributed by atoms with E-state index in [-0.39, 0.29) is 23.0 Å². The minimum Gasteiger partial charge on any atom is -0.748 e. The maximum atomic E-state index is 11.3. The predicted octanol–water partition coefficient (Wildman–Crippen LogP) is 7.86. The molecule has 0 spiro atoms. The lowest BCUT2D eigenvalue weighted by molar-refractivity contribution is -0.437. The fourth-order valence-corrected chi connectivity index (χ4v) is 7.55. The van der Waals surface area contributed by atoms with Crippen molar-refractivity contribution in [2.75, 3.05) is 23.7 Å². The molecule has 0 unspecified atom stereocenters. The summed E-state index contributed by atoms with van der Waals surface area (Å²) in [6, 6.07) is 16.9. The van der Waals surface area contributed by atoms with Gasteiger partial charge in [-0.25, -0.2) is 8.42 Å². The zero-order chi connectivity index (χ0) is 30.3. The molecule has 0 fully saturated rings. The second-order valence-electron chi connectivity index (χ2n) is 12.5. The van der Waals surface area contributed by atoms with Crippen LogP contribution in [0.15, 0.2) is 94.7 Å². The van der Waals surface area contributed by atoms with E-state index in [4.69, 9.17) is 11.6 Å². The van der Waals surface area contributed by atoms with Gasteiger partial charge in [-0.1, -0.05) is 80.9 Å². The first kappa shape index (κ1) is 30.5. The van der Waals surface area contributed by atoms with E-state index in [1.54, 1.807) is 0 Å². The molecule has 0 N–H and O–H groups in total. The second-order valence-corrected chi connectivity index (χ2v) is 14.4. The van der Waals surface area contributed by atoms with Crippen molar-refractivity contribution in [3.05, 3.63) is 106 Å². The Labute approximate surface area is 256 Å². The molecule has 0 saturated carbocycles. The van der Waals surface area contributed by atoms with Gasteiger partial charge in [0.15, 0.2) is 5.71 Å². The van der Waals surface area contributed by atoms with Crippen LogP contribution in [0.3, 0.4) is 0 Å². The third kappa shape index (κ3) is 5.69. The highest BCUT2D eigenvalue weighted by Crippen LogP contribution is 2.48. The number of para-hydroxylation sites is 2. The summed E-state index contributed by atoms with van der Waals surface area (Å²) in [6.07, 6.45) is 11.8. The summed E-state index contributed by atoms with van der Waals surface area (Å²) < 4.78 is 36.3. The van der Waals surface area contributed by atoms with Gasteiger partial charge < -0.3 is 9.45 Å². The molecule has 0 amide bonds. The molecule has 2 aromatic rings. The van der Waals surface area contributed by atoms with E-state index in [0.29, 0.717) is 6.54 Å². The Bertz CT molecular complexity index is 1660. The molecule has 3 aliphatic rings. The van der Waals surface area contributed by atoms with E-state index < -0.39 is 10.1 Å². The number of hydrogen-bond donors (Lipinski definition) is 0. The molecule has 5 nitrogen and oxygen atoms in total. The number of fused-ring (bicyclic) bond motifs is 2. The standard InChI is InChI=1S/C35H41ClN2O3S/c1-6-22-37-29-14-9-7-12-27(29)34(2,3)31(37)20-18-25-16-17-26(33(25)36)19-21-32-35(4,5)28-13-8-10-15-30(28)38(32)23-11-24-42(39,40)41/h7-10,12-15,18-21H,6,11,16-17,22-24H2,1-5H3. The molecule has 42 heavy (non-hydrogen) atoms. The van der Waals surface area contributed by atoms with Gasteiger partial charge in [-0.15, -0.1) is 0 Å². The van der Waals surface area contributed by atoms with Crippen LogP contribution < -0.4 is 4.90 Å². The number of rotatable bonds is 9. The summed E-state index contributed by atoms with van der Waals surface area (Å²) in [7, 11) is -4.26. The van der Waals surface area contributed by atoms with Crippen LogP contribution in [0.1, 0.15) is 71.4 Å². The molecule has 5 rings (SSSR count). The summed E-state index contributed by atoms with van der Waals surface area (Å²) in [6.45, 7) is 12.6. The third-order valence-corrected chi connectivity index (χ3v) is 10.2. The summed E-state index contributed by atoms with van der Waals surface area (Å²) in [4.78, 5) is 2.16. The molecule has 0 radical (unpaired) electrons. The Hall–Kier alpha value is -2.93. The van der Waals surface area contributed by atoms with E-state index >= 15 is 0 Å². The Kier molecular flexibility index (Phi) is 8.45. The quantitative estimate of drug-likeness (QED) is 0.216. The zero-order valence-electron chi connectivity index (χ0n) is 25.3. The number of nitrogens with zero attached hydrogens (tertiary/aromatic N) is 2. The fraction of sp³-hybridized carbons (Fsp3) is 0.400. The van der Waals surface area contributed by atoms with Gasteiger partial charge in [-0.05, 0) is 62.0 Å². The first-order chi connectivity index (χ1) is 19.9. The Morgan fingerprint density at radius 1 is 0.952 bits per heavy atom. The second kappa shape index (κ2) is 11.6. The molecule has 7 heteroatoms. The van der Waals surface area contributed by atoms with Crippen LogP contribution in [0.25, 0.3) is 0 Å². The Morgan fingerprint density at radius 3 is 2.36 bits per heavy atom. The fourth-order valence-electron chi connectivity index (χ4n) is 6.75. The highest BCUT2D eigenvalue weighted by molar-refractivity contribution is 7.85. The summed E-state index contributed by atoms with van der Waals surface area (Å²) in [5.74, 6) is -0.374. The highest BCUT2D eigenvalue weighted by atomic mass is 35.5. The lowest BCUT2D eigenvalue weighted by atomic mass is 9.81. The van der Waals surface area contributed by atoms with E-state index in [2.05, 4.69) is 105 Å². The molecule has 0 aromatic heterocycles. The van der Waals surface area contributed by atoms with Crippen LogP contribution in [0.4, 0.5) is 11.4 Å². The van der Waals surface area contributed by atoms with Crippen molar-refractivity contribution in [2.45, 2.75) is 71.1 Å². The van der Waals surface area contributed by atoms with Crippen LogP contribution in [-0.2, 0) is 20.9 Å². The van der Waals surface area contributed by atoms with E-state index in [1.807, 2.05) is 12.1 Å².